The van der Waals surface area contributed by atoms with Crippen LogP contribution in [0.4, 0.5) is 11.5 Å². The Bertz CT molecular complexity index is 1080. The molecule has 0 spiro atoms. The summed E-state index contributed by atoms with van der Waals surface area (Å²) in [6, 6.07) is 6.67. The van der Waals surface area contributed by atoms with E-state index in [1.54, 1.807) is 13.4 Å². The molecule has 8 heteroatoms. The summed E-state index contributed by atoms with van der Waals surface area (Å²) in [6.07, 6.45) is 8.33. The average Bonchev–Trinajstić information content (AvgIpc) is 2.84. The maximum Gasteiger partial charge on any atom is 0.216 e. The van der Waals surface area contributed by atoms with E-state index >= 15 is 0 Å². The van der Waals surface area contributed by atoms with Gasteiger partial charge in [0.15, 0.2) is 0 Å². The van der Waals surface area contributed by atoms with E-state index in [1.807, 2.05) is 25.4 Å². The first-order valence-electron chi connectivity index (χ1n) is 11.1. The zero-order valence-electron chi connectivity index (χ0n) is 18.5. The van der Waals surface area contributed by atoms with Gasteiger partial charge in [0.1, 0.15) is 12.1 Å². The van der Waals surface area contributed by atoms with Crippen molar-refractivity contribution in [2.24, 2.45) is 0 Å². The summed E-state index contributed by atoms with van der Waals surface area (Å²) in [5.41, 5.74) is 6.32. The van der Waals surface area contributed by atoms with E-state index < -0.39 is 0 Å². The lowest BCUT2D eigenvalue weighted by atomic mass is 9.99. The molecule has 0 aromatic carbocycles. The second-order valence-corrected chi connectivity index (χ2v) is 8.30. The highest BCUT2D eigenvalue weighted by molar-refractivity contribution is 5.66. The zero-order valence-corrected chi connectivity index (χ0v) is 18.5. The minimum absolute atomic E-state index is 0.420. The van der Waals surface area contributed by atoms with Gasteiger partial charge in [-0.1, -0.05) is 0 Å². The minimum Gasteiger partial charge on any atom is -0.481 e. The van der Waals surface area contributed by atoms with Gasteiger partial charge in [-0.05, 0) is 38.0 Å². The molecule has 1 saturated heterocycles. The lowest BCUT2D eigenvalue weighted by molar-refractivity contribution is 0.0904. The molecule has 2 aliphatic heterocycles. The summed E-state index contributed by atoms with van der Waals surface area (Å²) in [5, 5.41) is 3.52. The molecule has 0 atom stereocenters. The Morgan fingerprint density at radius 3 is 2.72 bits per heavy atom. The van der Waals surface area contributed by atoms with Crippen LogP contribution < -0.4 is 15.0 Å². The number of pyridine rings is 2. The molecule has 8 nitrogen and oxygen atoms in total. The molecule has 0 aliphatic carbocycles. The highest BCUT2D eigenvalue weighted by Crippen LogP contribution is 2.31. The number of aryl methyl sites for hydroxylation is 1. The summed E-state index contributed by atoms with van der Waals surface area (Å²) >= 11 is 0. The highest BCUT2D eigenvalue weighted by atomic mass is 16.5. The van der Waals surface area contributed by atoms with E-state index in [-0.39, 0.29) is 0 Å². The quantitative estimate of drug-likeness (QED) is 0.657. The zero-order chi connectivity index (χ0) is 21.9. The van der Waals surface area contributed by atoms with Gasteiger partial charge in [-0.15, -0.1) is 0 Å². The number of ether oxygens (including phenoxy) is 2. The highest BCUT2D eigenvalue weighted by Gasteiger charge is 2.23. The van der Waals surface area contributed by atoms with E-state index in [2.05, 4.69) is 42.3 Å². The van der Waals surface area contributed by atoms with Crippen LogP contribution in [0.5, 0.6) is 5.88 Å². The fraction of sp³-hybridized carbons (Fsp3) is 0.417. The van der Waals surface area contributed by atoms with Gasteiger partial charge in [-0.25, -0.2) is 19.9 Å². The van der Waals surface area contributed by atoms with Crippen molar-refractivity contribution in [2.45, 2.75) is 38.8 Å². The third kappa shape index (κ3) is 4.23. The Hall–Kier alpha value is -3.26. The normalized spacial score (nSPS) is 16.5. The number of aromatic nitrogens is 4. The van der Waals surface area contributed by atoms with Crippen LogP contribution in [0.1, 0.15) is 29.7 Å². The summed E-state index contributed by atoms with van der Waals surface area (Å²) in [4.78, 5) is 20.6. The van der Waals surface area contributed by atoms with Gasteiger partial charge in [0.25, 0.3) is 0 Å². The van der Waals surface area contributed by atoms with E-state index in [0.29, 0.717) is 11.9 Å². The number of methoxy groups -OCH3 is 1. The van der Waals surface area contributed by atoms with E-state index in [9.17, 15) is 0 Å². The molecule has 166 valence electrons. The molecule has 2 aliphatic rings. The van der Waals surface area contributed by atoms with Crippen molar-refractivity contribution >= 4 is 11.5 Å². The number of hydrogen-bond acceptors (Lipinski definition) is 8. The minimum atomic E-state index is 0.420. The second-order valence-electron chi connectivity index (χ2n) is 8.30. The lowest BCUT2D eigenvalue weighted by Crippen LogP contribution is -2.31. The van der Waals surface area contributed by atoms with Crippen LogP contribution >= 0.6 is 0 Å². The molecule has 0 amide bonds. The van der Waals surface area contributed by atoms with Crippen LogP contribution in [0.2, 0.25) is 0 Å². The van der Waals surface area contributed by atoms with Gasteiger partial charge in [0.2, 0.25) is 5.88 Å². The Labute approximate surface area is 188 Å². The van der Waals surface area contributed by atoms with Gasteiger partial charge in [0.05, 0.1) is 30.4 Å². The van der Waals surface area contributed by atoms with Crippen molar-refractivity contribution in [1.82, 2.24) is 19.9 Å². The molecule has 1 N–H and O–H groups in total. The van der Waals surface area contributed by atoms with Crippen LogP contribution in [0, 0.1) is 6.92 Å². The average molecular weight is 433 g/mol. The third-order valence-electron chi connectivity index (χ3n) is 6.19. The van der Waals surface area contributed by atoms with Crippen LogP contribution in [0.15, 0.2) is 36.9 Å². The molecule has 5 heterocycles. The summed E-state index contributed by atoms with van der Waals surface area (Å²) in [5.74, 6) is 1.56. The predicted octanol–water partition coefficient (Wildman–Crippen LogP) is 3.40. The van der Waals surface area contributed by atoms with Crippen molar-refractivity contribution in [1.29, 1.82) is 0 Å². The number of rotatable bonds is 5. The van der Waals surface area contributed by atoms with Gasteiger partial charge in [-0.2, -0.15) is 0 Å². The molecule has 3 aromatic heterocycles. The summed E-state index contributed by atoms with van der Waals surface area (Å²) in [6.45, 7) is 5.26. The Morgan fingerprint density at radius 1 is 1.09 bits per heavy atom. The molecule has 32 heavy (non-hydrogen) atoms. The topological polar surface area (TPSA) is 85.3 Å². The van der Waals surface area contributed by atoms with Crippen molar-refractivity contribution < 1.29 is 9.47 Å². The van der Waals surface area contributed by atoms with E-state index in [1.165, 1.54) is 0 Å². The fourth-order valence-electron chi connectivity index (χ4n) is 4.41. The number of anilines is 2. The molecule has 0 saturated carbocycles. The predicted molar refractivity (Wildman–Crippen MR) is 123 cm³/mol. The second kappa shape index (κ2) is 9.08. The molecular weight excluding hydrogens is 404 g/mol. The van der Waals surface area contributed by atoms with Gasteiger partial charge < -0.3 is 19.7 Å². The first-order valence-corrected chi connectivity index (χ1v) is 11.1. The fourth-order valence-corrected chi connectivity index (χ4v) is 4.41. The lowest BCUT2D eigenvalue weighted by Gasteiger charge is -2.31. The number of hydrogen-bond donors (Lipinski definition) is 1. The number of fused-ring (bicyclic) bond motifs is 1. The summed E-state index contributed by atoms with van der Waals surface area (Å²) in [7, 11) is 1.65. The van der Waals surface area contributed by atoms with Crippen molar-refractivity contribution in [3.05, 3.63) is 53.7 Å². The monoisotopic (exact) mass is 432 g/mol. The van der Waals surface area contributed by atoms with E-state index in [0.717, 1.165) is 85.1 Å². The van der Waals surface area contributed by atoms with Crippen molar-refractivity contribution in [3.8, 4) is 17.1 Å². The SMILES string of the molecule is COc1ncc(N2CCc3ncnc(-c4ccc(NC5CCOCC5)nc4)c3C2)cc1C. The van der Waals surface area contributed by atoms with E-state index in [4.69, 9.17) is 9.47 Å². The molecule has 0 bridgehead atoms. The Kier molecular flexibility index (Phi) is 5.85. The molecular formula is C24H28N6O2. The smallest absolute Gasteiger partial charge is 0.216 e. The van der Waals surface area contributed by atoms with Crippen LogP contribution in [0.25, 0.3) is 11.3 Å². The van der Waals surface area contributed by atoms with Gasteiger partial charge in [-0.3, -0.25) is 0 Å². The Morgan fingerprint density at radius 2 is 1.97 bits per heavy atom. The molecule has 5 rings (SSSR count). The first-order chi connectivity index (χ1) is 15.7. The summed E-state index contributed by atoms with van der Waals surface area (Å²) < 4.78 is 10.7. The molecule has 0 unspecified atom stereocenters. The largest absolute Gasteiger partial charge is 0.481 e. The van der Waals surface area contributed by atoms with Crippen molar-refractivity contribution in [2.75, 3.05) is 37.1 Å². The molecule has 3 aromatic rings. The Balaban J connectivity index is 1.37. The van der Waals surface area contributed by atoms with Crippen LogP contribution in [-0.2, 0) is 17.7 Å². The number of nitrogens with one attached hydrogen (secondary N) is 1. The molecule has 0 radical (unpaired) electrons. The maximum atomic E-state index is 5.44. The first kappa shape index (κ1) is 20.6. The van der Waals surface area contributed by atoms with Crippen LogP contribution in [-0.4, -0.2) is 52.8 Å². The van der Waals surface area contributed by atoms with Gasteiger partial charge in [0, 0.05) is 61.7 Å². The van der Waals surface area contributed by atoms with Crippen molar-refractivity contribution in [3.63, 3.8) is 0 Å². The standard InChI is InChI=1S/C24H28N6O2/c1-16-11-19(13-26-24(16)31-2)30-8-5-21-20(14-30)23(28-15-27-21)17-3-4-22(25-12-17)29-18-6-9-32-10-7-18/h3-4,11-13,15,18H,5-10,14H2,1-2H3,(H,25,29). The van der Waals surface area contributed by atoms with Crippen LogP contribution in [0.3, 0.4) is 0 Å². The third-order valence-corrected chi connectivity index (χ3v) is 6.19. The molecule has 1 fully saturated rings. The number of nitrogens with zero attached hydrogens (tertiary/aromatic N) is 5. The van der Waals surface area contributed by atoms with Gasteiger partial charge >= 0.3 is 0 Å². The maximum absolute atomic E-state index is 5.44.